The molecular formula is C17H28N2. The molecule has 19 heavy (non-hydrogen) atoms. The third kappa shape index (κ3) is 3.58. The molecule has 0 aliphatic carbocycles. The number of aryl methyl sites for hydroxylation is 1. The van der Waals surface area contributed by atoms with E-state index >= 15 is 0 Å². The van der Waals surface area contributed by atoms with Gasteiger partial charge in [0.2, 0.25) is 0 Å². The zero-order valence-corrected chi connectivity index (χ0v) is 12.6. The van der Waals surface area contributed by atoms with Crippen molar-refractivity contribution in [3.05, 3.63) is 35.4 Å². The minimum Gasteiger partial charge on any atom is -0.324 e. The van der Waals surface area contributed by atoms with Crippen molar-refractivity contribution in [2.45, 2.75) is 64.6 Å². The summed E-state index contributed by atoms with van der Waals surface area (Å²) < 4.78 is 0. The fraction of sp³-hybridized carbons (Fsp3) is 0.647. The van der Waals surface area contributed by atoms with Gasteiger partial charge in [-0.05, 0) is 45.1 Å². The molecule has 3 atom stereocenters. The van der Waals surface area contributed by atoms with Crippen LogP contribution in [0.1, 0.15) is 56.7 Å². The van der Waals surface area contributed by atoms with Crippen LogP contribution in [0.5, 0.6) is 0 Å². The predicted molar refractivity (Wildman–Crippen MR) is 82.2 cm³/mol. The smallest absolute Gasteiger partial charge is 0.0307 e. The number of nitrogens with zero attached hydrogens (tertiary/aromatic N) is 1. The summed E-state index contributed by atoms with van der Waals surface area (Å²) in [5.41, 5.74) is 8.90. The SMILES string of the molecule is CCC1CCC(C)N1CCC(N)c1ccc(C)cc1. The summed E-state index contributed by atoms with van der Waals surface area (Å²) >= 11 is 0. The number of rotatable bonds is 5. The molecule has 1 fully saturated rings. The van der Waals surface area contributed by atoms with E-state index in [0.717, 1.165) is 25.0 Å². The average molecular weight is 260 g/mol. The van der Waals surface area contributed by atoms with Crippen LogP contribution in [0.4, 0.5) is 0 Å². The highest BCUT2D eigenvalue weighted by Crippen LogP contribution is 2.27. The third-order valence-corrected chi connectivity index (χ3v) is 4.63. The fourth-order valence-corrected chi connectivity index (χ4v) is 3.24. The van der Waals surface area contributed by atoms with Gasteiger partial charge in [-0.3, -0.25) is 4.90 Å². The van der Waals surface area contributed by atoms with E-state index in [1.807, 2.05) is 0 Å². The molecule has 0 aromatic heterocycles. The summed E-state index contributed by atoms with van der Waals surface area (Å²) in [5, 5.41) is 0. The van der Waals surface area contributed by atoms with Crippen molar-refractivity contribution in [3.63, 3.8) is 0 Å². The highest BCUT2D eigenvalue weighted by molar-refractivity contribution is 5.23. The van der Waals surface area contributed by atoms with Crippen molar-refractivity contribution in [2.75, 3.05) is 6.54 Å². The standard InChI is InChI=1S/C17H28N2/c1-4-16-10-7-14(3)19(16)12-11-17(18)15-8-5-13(2)6-9-15/h5-6,8-9,14,16-17H,4,7,10-12,18H2,1-3H3. The average Bonchev–Trinajstić information content (AvgIpc) is 2.77. The van der Waals surface area contributed by atoms with E-state index in [9.17, 15) is 0 Å². The van der Waals surface area contributed by atoms with Gasteiger partial charge in [-0.2, -0.15) is 0 Å². The van der Waals surface area contributed by atoms with Crippen LogP contribution in [-0.4, -0.2) is 23.5 Å². The van der Waals surface area contributed by atoms with Crippen LogP contribution in [0.2, 0.25) is 0 Å². The monoisotopic (exact) mass is 260 g/mol. The number of likely N-dealkylation sites (tertiary alicyclic amines) is 1. The van der Waals surface area contributed by atoms with Gasteiger partial charge in [0.1, 0.15) is 0 Å². The Balaban J connectivity index is 1.89. The van der Waals surface area contributed by atoms with Gasteiger partial charge in [0.15, 0.2) is 0 Å². The number of hydrogen-bond donors (Lipinski definition) is 1. The van der Waals surface area contributed by atoms with Crippen LogP contribution >= 0.6 is 0 Å². The first-order chi connectivity index (χ1) is 9.11. The van der Waals surface area contributed by atoms with Crippen molar-refractivity contribution < 1.29 is 0 Å². The molecule has 2 nitrogen and oxygen atoms in total. The van der Waals surface area contributed by atoms with Gasteiger partial charge in [-0.15, -0.1) is 0 Å². The van der Waals surface area contributed by atoms with Crippen LogP contribution in [0, 0.1) is 6.92 Å². The lowest BCUT2D eigenvalue weighted by Gasteiger charge is -2.28. The van der Waals surface area contributed by atoms with Crippen LogP contribution < -0.4 is 5.73 Å². The zero-order valence-electron chi connectivity index (χ0n) is 12.6. The Morgan fingerprint density at radius 1 is 1.26 bits per heavy atom. The first-order valence-electron chi connectivity index (χ1n) is 7.69. The van der Waals surface area contributed by atoms with Gasteiger partial charge in [0.05, 0.1) is 0 Å². The van der Waals surface area contributed by atoms with Gasteiger partial charge in [-0.25, -0.2) is 0 Å². The topological polar surface area (TPSA) is 29.3 Å². The second-order valence-corrected chi connectivity index (χ2v) is 6.03. The van der Waals surface area contributed by atoms with E-state index < -0.39 is 0 Å². The quantitative estimate of drug-likeness (QED) is 0.875. The Kier molecular flexibility index (Phi) is 5.00. The molecule has 0 spiro atoms. The minimum absolute atomic E-state index is 0.172. The largest absolute Gasteiger partial charge is 0.324 e. The highest BCUT2D eigenvalue weighted by Gasteiger charge is 2.28. The van der Waals surface area contributed by atoms with E-state index in [2.05, 4.69) is 49.9 Å². The molecular weight excluding hydrogens is 232 g/mol. The Morgan fingerprint density at radius 2 is 1.95 bits per heavy atom. The van der Waals surface area contributed by atoms with Crippen LogP contribution in [-0.2, 0) is 0 Å². The maximum Gasteiger partial charge on any atom is 0.0307 e. The highest BCUT2D eigenvalue weighted by atomic mass is 15.2. The molecule has 1 aliphatic rings. The van der Waals surface area contributed by atoms with Gasteiger partial charge in [0, 0.05) is 24.7 Å². The molecule has 0 saturated carbocycles. The molecule has 0 radical (unpaired) electrons. The molecule has 1 saturated heterocycles. The summed E-state index contributed by atoms with van der Waals surface area (Å²) in [6.07, 6.45) is 5.03. The van der Waals surface area contributed by atoms with Crippen molar-refractivity contribution in [1.29, 1.82) is 0 Å². The normalized spacial score (nSPS) is 25.7. The van der Waals surface area contributed by atoms with Gasteiger partial charge in [-0.1, -0.05) is 36.8 Å². The lowest BCUT2D eigenvalue weighted by atomic mass is 10.0. The molecule has 1 aromatic carbocycles. The number of benzene rings is 1. The maximum atomic E-state index is 6.33. The first kappa shape index (κ1) is 14.5. The summed E-state index contributed by atoms with van der Waals surface area (Å²) in [6.45, 7) is 7.91. The molecule has 0 bridgehead atoms. The number of hydrogen-bond acceptors (Lipinski definition) is 2. The molecule has 2 heteroatoms. The summed E-state index contributed by atoms with van der Waals surface area (Å²) in [7, 11) is 0. The Bertz CT molecular complexity index is 385. The molecule has 2 rings (SSSR count). The van der Waals surface area contributed by atoms with Crippen molar-refractivity contribution >= 4 is 0 Å². The van der Waals surface area contributed by atoms with Gasteiger partial charge < -0.3 is 5.73 Å². The van der Waals surface area contributed by atoms with Crippen LogP contribution in [0.3, 0.4) is 0 Å². The van der Waals surface area contributed by atoms with Crippen molar-refractivity contribution in [1.82, 2.24) is 4.90 Å². The summed E-state index contributed by atoms with van der Waals surface area (Å²) in [6, 6.07) is 10.3. The Labute approximate surface area is 118 Å². The third-order valence-electron chi connectivity index (χ3n) is 4.63. The van der Waals surface area contributed by atoms with Crippen LogP contribution in [0.15, 0.2) is 24.3 Å². The van der Waals surface area contributed by atoms with Gasteiger partial charge >= 0.3 is 0 Å². The van der Waals surface area contributed by atoms with E-state index in [1.54, 1.807) is 0 Å². The predicted octanol–water partition coefficient (Wildman–Crippen LogP) is 3.65. The van der Waals surface area contributed by atoms with Gasteiger partial charge in [0.25, 0.3) is 0 Å². The van der Waals surface area contributed by atoms with Crippen LogP contribution in [0.25, 0.3) is 0 Å². The lowest BCUT2D eigenvalue weighted by molar-refractivity contribution is 0.191. The lowest BCUT2D eigenvalue weighted by Crippen LogP contribution is -2.36. The molecule has 3 unspecified atom stereocenters. The summed E-state index contributed by atoms with van der Waals surface area (Å²) in [4.78, 5) is 2.66. The number of nitrogens with two attached hydrogens (primary N) is 1. The second-order valence-electron chi connectivity index (χ2n) is 6.03. The van der Waals surface area contributed by atoms with E-state index in [-0.39, 0.29) is 6.04 Å². The summed E-state index contributed by atoms with van der Waals surface area (Å²) in [5.74, 6) is 0. The zero-order chi connectivity index (χ0) is 13.8. The Hall–Kier alpha value is -0.860. The molecule has 1 heterocycles. The molecule has 2 N–H and O–H groups in total. The van der Waals surface area contributed by atoms with Crippen molar-refractivity contribution in [2.24, 2.45) is 5.73 Å². The maximum absolute atomic E-state index is 6.33. The fourth-order valence-electron chi connectivity index (χ4n) is 3.24. The molecule has 1 aliphatic heterocycles. The Morgan fingerprint density at radius 3 is 2.58 bits per heavy atom. The van der Waals surface area contributed by atoms with E-state index in [4.69, 9.17) is 5.73 Å². The minimum atomic E-state index is 0.172. The second kappa shape index (κ2) is 6.53. The van der Waals surface area contributed by atoms with E-state index in [1.165, 1.54) is 30.4 Å². The molecule has 0 amide bonds. The van der Waals surface area contributed by atoms with E-state index in [0.29, 0.717) is 0 Å². The van der Waals surface area contributed by atoms with Crippen molar-refractivity contribution in [3.8, 4) is 0 Å². The molecule has 1 aromatic rings. The molecule has 106 valence electrons. The first-order valence-corrected chi connectivity index (χ1v) is 7.69.